The fourth-order valence-corrected chi connectivity index (χ4v) is 5.47. The van der Waals surface area contributed by atoms with E-state index in [0.29, 0.717) is 18.8 Å². The van der Waals surface area contributed by atoms with Crippen molar-refractivity contribution in [1.29, 1.82) is 0 Å². The number of hydrogen-bond acceptors (Lipinski definition) is 3. The maximum Gasteiger partial charge on any atom is 0.266 e. The van der Waals surface area contributed by atoms with E-state index in [4.69, 9.17) is 0 Å². The zero-order valence-corrected chi connectivity index (χ0v) is 13.8. The summed E-state index contributed by atoms with van der Waals surface area (Å²) in [5, 5.41) is 0. The lowest BCUT2D eigenvalue weighted by atomic mass is 9.83. The van der Waals surface area contributed by atoms with Crippen LogP contribution in [0.25, 0.3) is 0 Å². The first-order chi connectivity index (χ1) is 10.5. The molecule has 3 rings (SSSR count). The quantitative estimate of drug-likeness (QED) is 0.858. The van der Waals surface area contributed by atoms with E-state index in [9.17, 15) is 13.2 Å². The minimum Gasteiger partial charge on any atom is -0.274 e. The smallest absolute Gasteiger partial charge is 0.266 e. The summed E-state index contributed by atoms with van der Waals surface area (Å²) in [4.78, 5) is 12.5. The second kappa shape index (κ2) is 6.03. The minimum absolute atomic E-state index is 0.140. The van der Waals surface area contributed by atoms with Crippen LogP contribution in [0.4, 0.5) is 0 Å². The van der Waals surface area contributed by atoms with Crippen LogP contribution >= 0.6 is 0 Å². The molecule has 1 unspecified atom stereocenters. The van der Waals surface area contributed by atoms with Gasteiger partial charge < -0.3 is 0 Å². The van der Waals surface area contributed by atoms with Gasteiger partial charge in [-0.2, -0.15) is 0 Å². The standard InChI is InChI=1S/C17H23NO3S/c1-13-7-9-15(10-8-13)22(20,21)18-16(11-12-17(18)19)14-5-3-2-4-6-14/h7-10,14,16H,2-6,11-12H2,1H3. The molecule has 1 amide bonds. The molecule has 0 spiro atoms. The van der Waals surface area contributed by atoms with Crippen LogP contribution in [-0.2, 0) is 14.8 Å². The van der Waals surface area contributed by atoms with Crippen molar-refractivity contribution in [2.24, 2.45) is 5.92 Å². The van der Waals surface area contributed by atoms with E-state index in [1.54, 1.807) is 24.3 Å². The van der Waals surface area contributed by atoms with Gasteiger partial charge in [-0.25, -0.2) is 12.7 Å². The van der Waals surface area contributed by atoms with Gasteiger partial charge in [0.25, 0.3) is 10.0 Å². The molecule has 5 heteroatoms. The number of amides is 1. The fourth-order valence-electron chi connectivity index (χ4n) is 3.77. The van der Waals surface area contributed by atoms with E-state index >= 15 is 0 Å². The summed E-state index contributed by atoms with van der Waals surface area (Å²) >= 11 is 0. The number of benzene rings is 1. The van der Waals surface area contributed by atoms with E-state index in [1.807, 2.05) is 6.92 Å². The third-order valence-electron chi connectivity index (χ3n) is 4.97. The molecule has 0 radical (unpaired) electrons. The van der Waals surface area contributed by atoms with Crippen molar-refractivity contribution < 1.29 is 13.2 Å². The molecule has 1 atom stereocenters. The Morgan fingerprint density at radius 3 is 2.27 bits per heavy atom. The second-order valence-corrected chi connectivity index (χ2v) is 8.33. The molecule has 1 aromatic carbocycles. The summed E-state index contributed by atoms with van der Waals surface area (Å²) in [5.41, 5.74) is 1.01. The molecule has 0 bridgehead atoms. The molecule has 1 aliphatic carbocycles. The second-order valence-electron chi connectivity index (χ2n) is 6.51. The van der Waals surface area contributed by atoms with Gasteiger partial charge in [0.05, 0.1) is 10.9 Å². The number of sulfonamides is 1. The monoisotopic (exact) mass is 321 g/mol. The highest BCUT2D eigenvalue weighted by Crippen LogP contribution is 2.37. The molecule has 4 nitrogen and oxygen atoms in total. The summed E-state index contributed by atoms with van der Waals surface area (Å²) in [5.74, 6) is 0.0940. The highest BCUT2D eigenvalue weighted by atomic mass is 32.2. The van der Waals surface area contributed by atoms with Crippen molar-refractivity contribution in [1.82, 2.24) is 4.31 Å². The number of nitrogens with zero attached hydrogens (tertiary/aromatic N) is 1. The van der Waals surface area contributed by atoms with Crippen LogP contribution in [-0.4, -0.2) is 24.7 Å². The van der Waals surface area contributed by atoms with Gasteiger partial charge in [-0.1, -0.05) is 37.0 Å². The Balaban J connectivity index is 1.92. The van der Waals surface area contributed by atoms with Crippen LogP contribution in [0.15, 0.2) is 29.2 Å². The predicted octanol–water partition coefficient (Wildman–Crippen LogP) is 3.26. The van der Waals surface area contributed by atoms with E-state index in [0.717, 1.165) is 31.2 Å². The van der Waals surface area contributed by atoms with Crippen LogP contribution in [0.3, 0.4) is 0 Å². The number of carbonyl (C=O) groups is 1. The molecular weight excluding hydrogens is 298 g/mol. The van der Waals surface area contributed by atoms with Gasteiger partial charge in [0.1, 0.15) is 0 Å². The van der Waals surface area contributed by atoms with Crippen molar-refractivity contribution in [2.75, 3.05) is 0 Å². The summed E-state index contributed by atoms with van der Waals surface area (Å²) in [7, 11) is -3.72. The molecule has 1 saturated carbocycles. The van der Waals surface area contributed by atoms with Gasteiger partial charge in [-0.3, -0.25) is 4.79 Å². The summed E-state index contributed by atoms with van der Waals surface area (Å²) in [6.45, 7) is 1.92. The third kappa shape index (κ3) is 2.78. The third-order valence-corrected chi connectivity index (χ3v) is 6.83. The molecule has 1 aromatic rings. The molecular formula is C17H23NO3S. The lowest BCUT2D eigenvalue weighted by Gasteiger charge is -2.33. The van der Waals surface area contributed by atoms with Crippen LogP contribution in [0.1, 0.15) is 50.5 Å². The number of aryl methyl sites for hydroxylation is 1. The van der Waals surface area contributed by atoms with Gasteiger partial charge in [-0.05, 0) is 44.2 Å². The highest BCUT2D eigenvalue weighted by molar-refractivity contribution is 7.89. The first-order valence-corrected chi connectivity index (χ1v) is 9.58. The first-order valence-electron chi connectivity index (χ1n) is 8.14. The Morgan fingerprint density at radius 2 is 1.64 bits per heavy atom. The van der Waals surface area contributed by atoms with E-state index in [1.165, 1.54) is 10.7 Å². The SMILES string of the molecule is Cc1ccc(S(=O)(=O)N2C(=O)CCC2C2CCCCC2)cc1. The number of carbonyl (C=O) groups excluding carboxylic acids is 1. The van der Waals surface area contributed by atoms with Gasteiger partial charge in [0.2, 0.25) is 5.91 Å². The lowest BCUT2D eigenvalue weighted by Crippen LogP contribution is -2.43. The van der Waals surface area contributed by atoms with Gasteiger partial charge >= 0.3 is 0 Å². The number of hydrogen-bond donors (Lipinski definition) is 0. The Morgan fingerprint density at radius 1 is 1.00 bits per heavy atom. The fraction of sp³-hybridized carbons (Fsp3) is 0.588. The van der Waals surface area contributed by atoms with Crippen LogP contribution < -0.4 is 0 Å². The lowest BCUT2D eigenvalue weighted by molar-refractivity contribution is -0.124. The van der Waals surface area contributed by atoms with Crippen molar-refractivity contribution >= 4 is 15.9 Å². The zero-order chi connectivity index (χ0) is 15.7. The Labute approximate surface area is 132 Å². The van der Waals surface area contributed by atoms with Crippen LogP contribution in [0.2, 0.25) is 0 Å². The molecule has 1 heterocycles. The van der Waals surface area contributed by atoms with Gasteiger partial charge in [0.15, 0.2) is 0 Å². The molecule has 0 N–H and O–H groups in total. The largest absolute Gasteiger partial charge is 0.274 e. The molecule has 2 aliphatic rings. The normalized spacial score (nSPS) is 24.0. The van der Waals surface area contributed by atoms with Gasteiger partial charge in [0, 0.05) is 6.42 Å². The van der Waals surface area contributed by atoms with E-state index in [-0.39, 0.29) is 16.8 Å². The Hall–Kier alpha value is -1.36. The zero-order valence-electron chi connectivity index (χ0n) is 13.0. The van der Waals surface area contributed by atoms with Crippen molar-refractivity contribution in [3.8, 4) is 0 Å². The van der Waals surface area contributed by atoms with Crippen LogP contribution in [0, 0.1) is 12.8 Å². The van der Waals surface area contributed by atoms with Crippen molar-refractivity contribution in [2.45, 2.75) is 62.8 Å². The highest BCUT2D eigenvalue weighted by Gasteiger charge is 2.44. The molecule has 120 valence electrons. The van der Waals surface area contributed by atoms with E-state index in [2.05, 4.69) is 0 Å². The molecule has 0 aromatic heterocycles. The van der Waals surface area contributed by atoms with Crippen LogP contribution in [0.5, 0.6) is 0 Å². The Bertz CT molecular complexity index is 645. The minimum atomic E-state index is -3.72. The average Bonchev–Trinajstić information content (AvgIpc) is 2.91. The molecule has 2 fully saturated rings. The summed E-state index contributed by atoms with van der Waals surface area (Å²) in [6.07, 6.45) is 6.63. The van der Waals surface area contributed by atoms with E-state index < -0.39 is 10.0 Å². The van der Waals surface area contributed by atoms with Gasteiger partial charge in [-0.15, -0.1) is 0 Å². The molecule has 1 saturated heterocycles. The Kier molecular flexibility index (Phi) is 4.26. The average molecular weight is 321 g/mol. The molecule has 22 heavy (non-hydrogen) atoms. The maximum atomic E-state index is 12.9. The first kappa shape index (κ1) is 15.5. The van der Waals surface area contributed by atoms with Crippen molar-refractivity contribution in [3.05, 3.63) is 29.8 Å². The van der Waals surface area contributed by atoms with Crippen molar-refractivity contribution in [3.63, 3.8) is 0 Å². The maximum absolute atomic E-state index is 12.9. The number of rotatable bonds is 3. The topological polar surface area (TPSA) is 54.5 Å². The predicted molar refractivity (Wildman–Crippen MR) is 84.8 cm³/mol. The summed E-state index contributed by atoms with van der Waals surface area (Å²) < 4.78 is 27.0. The summed E-state index contributed by atoms with van der Waals surface area (Å²) in [6, 6.07) is 6.63. The molecule has 1 aliphatic heterocycles.